The Morgan fingerprint density at radius 1 is 1.24 bits per heavy atom. The first kappa shape index (κ1) is 13.6. The van der Waals surface area contributed by atoms with E-state index in [2.05, 4.69) is 5.32 Å². The Bertz CT molecular complexity index is 684. The monoisotopic (exact) mass is 284 g/mol. The maximum atomic E-state index is 13.3. The summed E-state index contributed by atoms with van der Waals surface area (Å²) in [4.78, 5) is 14.0. The number of anilines is 2. The third-order valence-electron chi connectivity index (χ3n) is 3.79. The number of nitrogens with zero attached hydrogens (tertiary/aromatic N) is 1. The lowest BCUT2D eigenvalue weighted by Gasteiger charge is -2.21. The summed E-state index contributed by atoms with van der Waals surface area (Å²) < 4.78 is 13.3. The molecule has 0 fully saturated rings. The van der Waals surface area contributed by atoms with Gasteiger partial charge in [-0.05, 0) is 54.8 Å². The number of hydrogen-bond acceptors (Lipinski definition) is 2. The highest BCUT2D eigenvalue weighted by molar-refractivity contribution is 6.06. The van der Waals surface area contributed by atoms with Crippen molar-refractivity contribution in [3.05, 3.63) is 59.4 Å². The van der Waals surface area contributed by atoms with Gasteiger partial charge in [0.15, 0.2) is 0 Å². The van der Waals surface area contributed by atoms with Crippen molar-refractivity contribution in [2.45, 2.75) is 12.8 Å². The lowest BCUT2D eigenvalue weighted by molar-refractivity contribution is 0.0993. The Morgan fingerprint density at radius 2 is 2.10 bits per heavy atom. The number of nitrogens with one attached hydrogen (secondary N) is 1. The lowest BCUT2D eigenvalue weighted by atomic mass is 10.0. The van der Waals surface area contributed by atoms with Gasteiger partial charge in [-0.25, -0.2) is 4.39 Å². The minimum absolute atomic E-state index is 0.131. The van der Waals surface area contributed by atoms with E-state index in [0.29, 0.717) is 11.3 Å². The summed E-state index contributed by atoms with van der Waals surface area (Å²) >= 11 is 0. The molecule has 1 aliphatic heterocycles. The molecule has 0 aromatic heterocycles. The number of benzene rings is 2. The highest BCUT2D eigenvalue weighted by atomic mass is 19.1. The summed E-state index contributed by atoms with van der Waals surface area (Å²) in [6, 6.07) is 11.7. The largest absolute Gasteiger partial charge is 0.385 e. The maximum Gasteiger partial charge on any atom is 0.258 e. The average Bonchev–Trinajstić information content (AvgIpc) is 2.53. The molecule has 4 heteroatoms. The first-order chi connectivity index (χ1) is 10.1. The van der Waals surface area contributed by atoms with Gasteiger partial charge < -0.3 is 10.2 Å². The van der Waals surface area contributed by atoms with E-state index in [9.17, 15) is 9.18 Å². The van der Waals surface area contributed by atoms with Gasteiger partial charge in [0.05, 0.1) is 0 Å². The van der Waals surface area contributed by atoms with E-state index in [-0.39, 0.29) is 11.7 Å². The van der Waals surface area contributed by atoms with Crippen LogP contribution in [0.1, 0.15) is 22.3 Å². The van der Waals surface area contributed by atoms with Gasteiger partial charge in [0.25, 0.3) is 5.91 Å². The second-order valence-corrected chi connectivity index (χ2v) is 5.25. The van der Waals surface area contributed by atoms with Crippen molar-refractivity contribution in [2.24, 2.45) is 0 Å². The standard InChI is InChI=1S/C17H17FN2O/c1-20(15-6-2-5-14(18)11-15)17(21)13-7-8-16-12(10-13)4-3-9-19-16/h2,5-8,10-11,19H,3-4,9H2,1H3. The van der Waals surface area contributed by atoms with E-state index >= 15 is 0 Å². The number of amides is 1. The molecule has 0 atom stereocenters. The van der Waals surface area contributed by atoms with E-state index in [1.807, 2.05) is 18.2 Å². The van der Waals surface area contributed by atoms with E-state index in [1.54, 1.807) is 19.2 Å². The zero-order chi connectivity index (χ0) is 14.8. The normalized spacial score (nSPS) is 13.2. The fourth-order valence-corrected chi connectivity index (χ4v) is 2.60. The summed E-state index contributed by atoms with van der Waals surface area (Å²) in [5, 5.41) is 3.32. The Kier molecular flexibility index (Phi) is 3.60. The molecule has 2 aromatic rings. The molecule has 3 nitrogen and oxygen atoms in total. The van der Waals surface area contributed by atoms with E-state index < -0.39 is 0 Å². The number of rotatable bonds is 2. The smallest absolute Gasteiger partial charge is 0.258 e. The van der Waals surface area contributed by atoms with Crippen LogP contribution in [0.25, 0.3) is 0 Å². The molecule has 1 N–H and O–H groups in total. The first-order valence-electron chi connectivity index (χ1n) is 7.05. The van der Waals surface area contributed by atoms with Crippen LogP contribution in [0.3, 0.4) is 0 Å². The quantitative estimate of drug-likeness (QED) is 0.916. The van der Waals surface area contributed by atoms with Crippen LogP contribution in [0.5, 0.6) is 0 Å². The number of aryl methyl sites for hydroxylation is 1. The highest BCUT2D eigenvalue weighted by Gasteiger charge is 2.16. The number of fused-ring (bicyclic) bond motifs is 1. The second-order valence-electron chi connectivity index (χ2n) is 5.25. The molecule has 0 bridgehead atoms. The van der Waals surface area contributed by atoms with Crippen LogP contribution < -0.4 is 10.2 Å². The molecule has 2 aromatic carbocycles. The molecule has 1 heterocycles. The molecule has 0 aliphatic carbocycles. The second kappa shape index (κ2) is 5.56. The van der Waals surface area contributed by atoms with Crippen molar-refractivity contribution in [1.82, 2.24) is 0 Å². The summed E-state index contributed by atoms with van der Waals surface area (Å²) in [6.07, 6.45) is 2.05. The van der Waals surface area contributed by atoms with Crippen LogP contribution in [0.2, 0.25) is 0 Å². The van der Waals surface area contributed by atoms with Crippen LogP contribution >= 0.6 is 0 Å². The van der Waals surface area contributed by atoms with Crippen molar-refractivity contribution in [1.29, 1.82) is 0 Å². The molecule has 21 heavy (non-hydrogen) atoms. The number of carbonyl (C=O) groups is 1. The predicted molar refractivity (Wildman–Crippen MR) is 82.4 cm³/mol. The molecular weight excluding hydrogens is 267 g/mol. The number of hydrogen-bond donors (Lipinski definition) is 1. The summed E-state index contributed by atoms with van der Waals surface area (Å²) in [5.41, 5.74) is 3.45. The van der Waals surface area contributed by atoms with Crippen molar-refractivity contribution in [3.8, 4) is 0 Å². The van der Waals surface area contributed by atoms with Gasteiger partial charge in [-0.1, -0.05) is 6.07 Å². The van der Waals surface area contributed by atoms with Crippen molar-refractivity contribution < 1.29 is 9.18 Å². The lowest BCUT2D eigenvalue weighted by Crippen LogP contribution is -2.26. The zero-order valence-electron chi connectivity index (χ0n) is 11.9. The van der Waals surface area contributed by atoms with Gasteiger partial charge in [0.2, 0.25) is 0 Å². The topological polar surface area (TPSA) is 32.3 Å². The molecule has 0 saturated heterocycles. The molecule has 108 valence electrons. The van der Waals surface area contributed by atoms with Crippen LogP contribution in [0.15, 0.2) is 42.5 Å². The minimum atomic E-state index is -0.346. The third-order valence-corrected chi connectivity index (χ3v) is 3.79. The Hall–Kier alpha value is -2.36. The van der Waals surface area contributed by atoms with Gasteiger partial charge in [-0.2, -0.15) is 0 Å². The van der Waals surface area contributed by atoms with Crippen LogP contribution in [0.4, 0.5) is 15.8 Å². The summed E-state index contributed by atoms with van der Waals surface area (Å²) in [7, 11) is 1.66. The molecule has 1 aliphatic rings. The van der Waals surface area contributed by atoms with Gasteiger partial charge >= 0.3 is 0 Å². The molecular formula is C17H17FN2O. The van der Waals surface area contributed by atoms with Crippen LogP contribution in [-0.4, -0.2) is 19.5 Å². The van der Waals surface area contributed by atoms with Crippen molar-refractivity contribution in [3.63, 3.8) is 0 Å². The van der Waals surface area contributed by atoms with Gasteiger partial charge in [-0.3, -0.25) is 4.79 Å². The van der Waals surface area contributed by atoms with Gasteiger partial charge in [-0.15, -0.1) is 0 Å². The number of carbonyl (C=O) groups excluding carboxylic acids is 1. The van der Waals surface area contributed by atoms with Crippen LogP contribution in [0, 0.1) is 5.82 Å². The number of halogens is 1. The fourth-order valence-electron chi connectivity index (χ4n) is 2.60. The summed E-state index contributed by atoms with van der Waals surface area (Å²) in [6.45, 7) is 0.976. The minimum Gasteiger partial charge on any atom is -0.385 e. The fraction of sp³-hybridized carbons (Fsp3) is 0.235. The predicted octanol–water partition coefficient (Wildman–Crippen LogP) is 3.46. The molecule has 3 rings (SSSR count). The van der Waals surface area contributed by atoms with E-state index in [1.165, 1.54) is 22.6 Å². The molecule has 0 spiro atoms. The average molecular weight is 284 g/mol. The molecule has 0 saturated carbocycles. The third kappa shape index (κ3) is 2.75. The molecule has 0 unspecified atom stereocenters. The van der Waals surface area contributed by atoms with Crippen molar-refractivity contribution in [2.75, 3.05) is 23.8 Å². The molecule has 0 radical (unpaired) electrons. The highest BCUT2D eigenvalue weighted by Crippen LogP contribution is 2.24. The molecule has 1 amide bonds. The Labute approximate surface area is 123 Å². The Balaban J connectivity index is 1.88. The SMILES string of the molecule is CN(C(=O)c1ccc2c(c1)CCCN2)c1cccc(F)c1. The first-order valence-corrected chi connectivity index (χ1v) is 7.05. The van der Waals surface area contributed by atoms with Gasteiger partial charge in [0.1, 0.15) is 5.82 Å². The zero-order valence-corrected chi connectivity index (χ0v) is 11.9. The van der Waals surface area contributed by atoms with E-state index in [4.69, 9.17) is 0 Å². The van der Waals surface area contributed by atoms with E-state index in [0.717, 1.165) is 25.1 Å². The summed E-state index contributed by atoms with van der Waals surface area (Å²) in [5.74, 6) is -0.476. The maximum absolute atomic E-state index is 13.3. The Morgan fingerprint density at radius 3 is 2.90 bits per heavy atom. The van der Waals surface area contributed by atoms with Crippen molar-refractivity contribution >= 4 is 17.3 Å². The van der Waals surface area contributed by atoms with Gasteiger partial charge in [0, 0.05) is 30.5 Å². The van der Waals surface area contributed by atoms with Crippen LogP contribution in [-0.2, 0) is 6.42 Å².